The first-order chi connectivity index (χ1) is 12.9. The lowest BCUT2D eigenvalue weighted by molar-refractivity contribution is 0.349. The number of benzene rings is 1. The van der Waals surface area contributed by atoms with Gasteiger partial charge in [0.1, 0.15) is 0 Å². The van der Waals surface area contributed by atoms with Gasteiger partial charge in [-0.2, -0.15) is 0 Å². The fourth-order valence-corrected chi connectivity index (χ4v) is 4.94. The third-order valence-electron chi connectivity index (χ3n) is 6.57. The Morgan fingerprint density at radius 1 is 0.692 bits per heavy atom. The molecule has 1 fully saturated rings. The molecule has 0 heterocycles. The number of rotatable bonds is 13. The van der Waals surface area contributed by atoms with Crippen LogP contribution in [0.5, 0.6) is 0 Å². The molecule has 26 heavy (non-hydrogen) atoms. The standard InChI is InChI=1S/C26H44/c1-2-3-4-5-6-7-8-9-10-18-23-26(25-21-16-13-17-22-25)24-19-14-11-12-15-20-24/h13,16-17,21-22,24,26H,2-12,14-15,18-20,23H2,1H3. The maximum atomic E-state index is 2.39. The zero-order valence-corrected chi connectivity index (χ0v) is 17.6. The second kappa shape index (κ2) is 14.3. The van der Waals surface area contributed by atoms with Gasteiger partial charge in [-0.05, 0) is 36.7 Å². The summed E-state index contributed by atoms with van der Waals surface area (Å²) in [5.41, 5.74) is 1.62. The molecule has 2 rings (SSSR count). The van der Waals surface area contributed by atoms with Crippen molar-refractivity contribution in [3.63, 3.8) is 0 Å². The van der Waals surface area contributed by atoms with Crippen LogP contribution in [0.15, 0.2) is 30.3 Å². The van der Waals surface area contributed by atoms with Crippen molar-refractivity contribution in [1.29, 1.82) is 0 Å². The van der Waals surface area contributed by atoms with Crippen LogP contribution in [-0.2, 0) is 0 Å². The minimum atomic E-state index is 0.823. The molecule has 0 aliphatic heterocycles. The minimum absolute atomic E-state index is 0.823. The van der Waals surface area contributed by atoms with Crippen LogP contribution in [0, 0.1) is 5.92 Å². The summed E-state index contributed by atoms with van der Waals surface area (Å²) in [4.78, 5) is 0. The quantitative estimate of drug-likeness (QED) is 0.244. The Balaban J connectivity index is 1.67. The number of hydrogen-bond acceptors (Lipinski definition) is 0. The summed E-state index contributed by atoms with van der Waals surface area (Å²) in [5.74, 6) is 1.77. The van der Waals surface area contributed by atoms with Crippen LogP contribution in [0.4, 0.5) is 0 Å². The van der Waals surface area contributed by atoms with Gasteiger partial charge in [-0.25, -0.2) is 0 Å². The van der Waals surface area contributed by atoms with E-state index in [1.54, 1.807) is 5.56 Å². The maximum absolute atomic E-state index is 2.39. The fraction of sp³-hybridized carbons (Fsp3) is 0.769. The lowest BCUT2D eigenvalue weighted by atomic mass is 9.78. The average molecular weight is 357 g/mol. The smallest absolute Gasteiger partial charge is 0.0134 e. The van der Waals surface area contributed by atoms with Gasteiger partial charge >= 0.3 is 0 Å². The van der Waals surface area contributed by atoms with Crippen LogP contribution < -0.4 is 0 Å². The third kappa shape index (κ3) is 8.74. The molecule has 1 aromatic rings. The van der Waals surface area contributed by atoms with E-state index in [9.17, 15) is 0 Å². The molecule has 0 amide bonds. The van der Waals surface area contributed by atoms with Crippen molar-refractivity contribution < 1.29 is 0 Å². The average Bonchev–Trinajstić information content (AvgIpc) is 2.96. The maximum Gasteiger partial charge on any atom is -0.0134 e. The molecule has 1 saturated carbocycles. The SMILES string of the molecule is CCCCCCCCCCCCC(c1ccccc1)C1CCCCCC1. The van der Waals surface area contributed by atoms with E-state index in [0.717, 1.165) is 11.8 Å². The van der Waals surface area contributed by atoms with Gasteiger partial charge in [-0.15, -0.1) is 0 Å². The minimum Gasteiger partial charge on any atom is -0.0654 e. The molecule has 1 atom stereocenters. The van der Waals surface area contributed by atoms with Crippen LogP contribution >= 0.6 is 0 Å². The molecule has 0 nitrogen and oxygen atoms in total. The highest BCUT2D eigenvalue weighted by Gasteiger charge is 2.23. The van der Waals surface area contributed by atoms with Crippen LogP contribution in [0.1, 0.15) is 128 Å². The highest BCUT2D eigenvalue weighted by molar-refractivity contribution is 5.20. The third-order valence-corrected chi connectivity index (χ3v) is 6.57. The summed E-state index contributed by atoms with van der Waals surface area (Å²) < 4.78 is 0. The zero-order chi connectivity index (χ0) is 18.3. The Bertz CT molecular complexity index is 413. The van der Waals surface area contributed by atoms with Crippen molar-refractivity contribution in [2.75, 3.05) is 0 Å². The normalized spacial score (nSPS) is 17.1. The van der Waals surface area contributed by atoms with Crippen LogP contribution in [0.2, 0.25) is 0 Å². The molecule has 1 aliphatic rings. The van der Waals surface area contributed by atoms with Gasteiger partial charge in [0.25, 0.3) is 0 Å². The van der Waals surface area contributed by atoms with Crippen molar-refractivity contribution in [3.8, 4) is 0 Å². The first-order valence-electron chi connectivity index (χ1n) is 12.0. The van der Waals surface area contributed by atoms with Gasteiger partial charge in [-0.3, -0.25) is 0 Å². The lowest BCUT2D eigenvalue weighted by Gasteiger charge is -2.27. The molecule has 1 aliphatic carbocycles. The topological polar surface area (TPSA) is 0 Å². The van der Waals surface area contributed by atoms with E-state index < -0.39 is 0 Å². The van der Waals surface area contributed by atoms with E-state index in [1.807, 2.05) is 0 Å². The van der Waals surface area contributed by atoms with E-state index in [-0.39, 0.29) is 0 Å². The Labute approximate surface area is 164 Å². The molecular weight excluding hydrogens is 312 g/mol. The Morgan fingerprint density at radius 2 is 1.23 bits per heavy atom. The van der Waals surface area contributed by atoms with Crippen molar-refractivity contribution in [2.24, 2.45) is 5.92 Å². The monoisotopic (exact) mass is 356 g/mol. The van der Waals surface area contributed by atoms with Crippen LogP contribution in [0.25, 0.3) is 0 Å². The van der Waals surface area contributed by atoms with Crippen LogP contribution in [0.3, 0.4) is 0 Å². The first-order valence-corrected chi connectivity index (χ1v) is 12.0. The summed E-state index contributed by atoms with van der Waals surface area (Å²) in [6, 6.07) is 11.5. The first kappa shape index (κ1) is 21.5. The van der Waals surface area contributed by atoms with Gasteiger partial charge in [0.2, 0.25) is 0 Å². The van der Waals surface area contributed by atoms with Crippen molar-refractivity contribution in [1.82, 2.24) is 0 Å². The molecule has 0 bridgehead atoms. The van der Waals surface area contributed by atoms with Gasteiger partial charge < -0.3 is 0 Å². The van der Waals surface area contributed by atoms with Crippen molar-refractivity contribution in [3.05, 3.63) is 35.9 Å². The molecule has 0 N–H and O–H groups in total. The van der Waals surface area contributed by atoms with Crippen molar-refractivity contribution in [2.45, 2.75) is 122 Å². The highest BCUT2D eigenvalue weighted by atomic mass is 14.3. The second-order valence-electron chi connectivity index (χ2n) is 8.74. The van der Waals surface area contributed by atoms with E-state index in [4.69, 9.17) is 0 Å². The van der Waals surface area contributed by atoms with E-state index in [2.05, 4.69) is 37.3 Å². The molecule has 148 valence electrons. The predicted octanol–water partition coefficient (Wildman–Crippen LogP) is 9.05. The zero-order valence-electron chi connectivity index (χ0n) is 17.6. The molecule has 0 spiro atoms. The predicted molar refractivity (Wildman–Crippen MR) is 117 cm³/mol. The number of hydrogen-bond donors (Lipinski definition) is 0. The van der Waals surface area contributed by atoms with Gasteiger partial charge in [0.15, 0.2) is 0 Å². The molecule has 0 aromatic heterocycles. The summed E-state index contributed by atoms with van der Waals surface area (Å²) in [6.45, 7) is 2.30. The molecular formula is C26H44. The molecule has 0 heteroatoms. The molecule has 1 aromatic carbocycles. The van der Waals surface area contributed by atoms with E-state index in [0.29, 0.717) is 0 Å². The largest absolute Gasteiger partial charge is 0.0654 e. The van der Waals surface area contributed by atoms with E-state index >= 15 is 0 Å². The summed E-state index contributed by atoms with van der Waals surface area (Å²) in [7, 11) is 0. The lowest BCUT2D eigenvalue weighted by Crippen LogP contribution is -2.13. The van der Waals surface area contributed by atoms with Gasteiger partial charge in [0.05, 0.1) is 0 Å². The Hall–Kier alpha value is -0.780. The highest BCUT2D eigenvalue weighted by Crippen LogP contribution is 2.38. The molecule has 1 unspecified atom stereocenters. The number of unbranched alkanes of at least 4 members (excludes halogenated alkanes) is 9. The Morgan fingerprint density at radius 3 is 1.81 bits per heavy atom. The summed E-state index contributed by atoms with van der Waals surface area (Å²) in [5, 5.41) is 0. The fourth-order valence-electron chi connectivity index (χ4n) is 4.94. The second-order valence-corrected chi connectivity index (χ2v) is 8.74. The van der Waals surface area contributed by atoms with E-state index in [1.165, 1.54) is 109 Å². The van der Waals surface area contributed by atoms with Gasteiger partial charge in [-0.1, -0.05) is 127 Å². The Kier molecular flexibility index (Phi) is 11.8. The van der Waals surface area contributed by atoms with Gasteiger partial charge in [0, 0.05) is 0 Å². The molecule has 0 radical (unpaired) electrons. The van der Waals surface area contributed by atoms with Crippen molar-refractivity contribution >= 4 is 0 Å². The summed E-state index contributed by atoms with van der Waals surface area (Å²) in [6.07, 6.45) is 24.7. The molecule has 0 saturated heterocycles. The summed E-state index contributed by atoms with van der Waals surface area (Å²) >= 11 is 0. The van der Waals surface area contributed by atoms with Crippen LogP contribution in [-0.4, -0.2) is 0 Å².